The van der Waals surface area contributed by atoms with Crippen LogP contribution in [-0.2, 0) is 20.1 Å². The minimum Gasteiger partial charge on any atom is -0.464 e. The summed E-state index contributed by atoms with van der Waals surface area (Å²) in [4.78, 5) is 37.6. The highest BCUT2D eigenvalue weighted by atomic mass is 35.5. The van der Waals surface area contributed by atoms with Crippen molar-refractivity contribution in [2.45, 2.75) is 32.9 Å². The summed E-state index contributed by atoms with van der Waals surface area (Å²) >= 11 is 6.02. The fraction of sp³-hybridized carbons (Fsp3) is 0.278. The quantitative estimate of drug-likeness (QED) is 0.809. The molecule has 9 heteroatoms. The summed E-state index contributed by atoms with van der Waals surface area (Å²) in [7, 11) is 0. The number of carbonyl (C=O) groups excluding carboxylic acids is 2. The Bertz CT molecular complexity index is 918. The number of hydrogen-bond acceptors (Lipinski definition) is 6. The molecule has 0 fully saturated rings. The number of nitrogens with zero attached hydrogens (tertiary/aromatic N) is 4. The molecule has 0 saturated heterocycles. The Morgan fingerprint density at radius 1 is 1.33 bits per heavy atom. The van der Waals surface area contributed by atoms with Crippen molar-refractivity contribution >= 4 is 29.0 Å². The van der Waals surface area contributed by atoms with Gasteiger partial charge in [-0.05, 0) is 19.1 Å². The normalized spacial score (nSPS) is 19.7. The van der Waals surface area contributed by atoms with Crippen LogP contribution in [-0.4, -0.2) is 31.8 Å². The van der Waals surface area contributed by atoms with Gasteiger partial charge in [-0.25, -0.2) is 20.0 Å². The van der Waals surface area contributed by atoms with E-state index in [0.29, 0.717) is 17.0 Å². The Hall–Kier alpha value is -3.00. The van der Waals surface area contributed by atoms with Gasteiger partial charge in [0.25, 0.3) is 5.91 Å². The van der Waals surface area contributed by atoms with Crippen molar-refractivity contribution < 1.29 is 14.3 Å². The van der Waals surface area contributed by atoms with Gasteiger partial charge in [0.15, 0.2) is 0 Å². The van der Waals surface area contributed by atoms with Crippen LogP contribution in [0, 0.1) is 0 Å². The molecule has 1 aliphatic rings. The van der Waals surface area contributed by atoms with E-state index < -0.39 is 11.6 Å². The first-order valence-corrected chi connectivity index (χ1v) is 8.67. The zero-order valence-corrected chi connectivity index (χ0v) is 15.8. The summed E-state index contributed by atoms with van der Waals surface area (Å²) in [5.74, 6) is -0.441. The number of ether oxygens (including phenoxy) is 1. The summed E-state index contributed by atoms with van der Waals surface area (Å²) < 4.78 is 6.10. The van der Waals surface area contributed by atoms with Crippen molar-refractivity contribution in [3.8, 4) is 0 Å². The minimum absolute atomic E-state index is 0.190. The molecule has 8 nitrogen and oxygen atoms in total. The maximum Gasteiger partial charge on any atom is 0.280 e. The second-order valence-corrected chi connectivity index (χ2v) is 6.41. The van der Waals surface area contributed by atoms with Crippen molar-refractivity contribution in [1.82, 2.24) is 25.4 Å². The van der Waals surface area contributed by atoms with E-state index in [-0.39, 0.29) is 23.1 Å². The first-order chi connectivity index (χ1) is 12.9. The predicted molar refractivity (Wildman–Crippen MR) is 97.6 cm³/mol. The van der Waals surface area contributed by atoms with Crippen molar-refractivity contribution in [1.29, 1.82) is 0 Å². The van der Waals surface area contributed by atoms with Crippen molar-refractivity contribution in [3.05, 3.63) is 59.1 Å². The number of amides is 2. The van der Waals surface area contributed by atoms with Crippen LogP contribution in [0.5, 0.6) is 0 Å². The Morgan fingerprint density at radius 2 is 2.04 bits per heavy atom. The Balaban J connectivity index is 2.14. The molecule has 1 N–H and O–H groups in total. The largest absolute Gasteiger partial charge is 0.464 e. The second-order valence-electron chi connectivity index (χ2n) is 6.02. The SMILES string of the molecule is CCC(=O)NN1C(=O)C(c2cncnc2)=C(C)OC1(C)c1cccc(Cl)n1. The maximum absolute atomic E-state index is 13.3. The number of pyridine rings is 1. The summed E-state index contributed by atoms with van der Waals surface area (Å²) in [5.41, 5.74) is 2.35. The van der Waals surface area contributed by atoms with Gasteiger partial charge in [-0.15, -0.1) is 0 Å². The van der Waals surface area contributed by atoms with Gasteiger partial charge in [0.1, 0.15) is 22.9 Å². The smallest absolute Gasteiger partial charge is 0.280 e. The first-order valence-electron chi connectivity index (χ1n) is 8.29. The lowest BCUT2D eigenvalue weighted by Crippen LogP contribution is -2.60. The third kappa shape index (κ3) is 3.48. The van der Waals surface area contributed by atoms with Gasteiger partial charge in [0.05, 0.1) is 5.57 Å². The van der Waals surface area contributed by atoms with Gasteiger partial charge in [-0.2, -0.15) is 0 Å². The highest BCUT2D eigenvalue weighted by molar-refractivity contribution is 6.29. The number of carbonyl (C=O) groups is 2. The van der Waals surface area contributed by atoms with Gasteiger partial charge in [0, 0.05) is 31.3 Å². The standard InChI is InChI=1S/C18H18ClN5O3/c1-4-15(25)23-24-17(26)16(12-8-20-10-21-9-12)11(2)27-18(24,3)13-6-5-7-14(19)22-13/h5-10H,4H2,1-3H3,(H,23,25). The molecule has 2 aromatic heterocycles. The van der Waals surface area contributed by atoms with Crippen LogP contribution in [0.15, 0.2) is 42.7 Å². The van der Waals surface area contributed by atoms with Crippen LogP contribution in [0.4, 0.5) is 0 Å². The molecule has 3 rings (SSSR count). The second kappa shape index (κ2) is 7.32. The molecular weight excluding hydrogens is 370 g/mol. The Morgan fingerprint density at radius 3 is 2.67 bits per heavy atom. The summed E-state index contributed by atoms with van der Waals surface area (Å²) in [6.45, 7) is 5.00. The van der Waals surface area contributed by atoms with E-state index >= 15 is 0 Å². The molecule has 27 heavy (non-hydrogen) atoms. The van der Waals surface area contributed by atoms with E-state index in [1.54, 1.807) is 39.0 Å². The molecule has 0 radical (unpaired) electrons. The molecule has 1 aliphatic heterocycles. The van der Waals surface area contributed by atoms with Crippen LogP contribution in [0.25, 0.3) is 5.57 Å². The van der Waals surface area contributed by atoms with Crippen LogP contribution in [0.1, 0.15) is 38.4 Å². The highest BCUT2D eigenvalue weighted by Crippen LogP contribution is 2.39. The molecule has 1 atom stereocenters. The lowest BCUT2D eigenvalue weighted by molar-refractivity contribution is -0.182. The molecule has 1 unspecified atom stereocenters. The summed E-state index contributed by atoms with van der Waals surface area (Å²) in [6, 6.07) is 4.99. The lowest BCUT2D eigenvalue weighted by atomic mass is 10.0. The number of nitrogens with one attached hydrogen (secondary N) is 1. The molecule has 140 valence electrons. The Labute approximate surface area is 161 Å². The van der Waals surface area contributed by atoms with Gasteiger partial charge in [-0.3, -0.25) is 15.0 Å². The molecule has 0 bridgehead atoms. The molecule has 2 amide bonds. The van der Waals surface area contributed by atoms with E-state index in [2.05, 4.69) is 20.4 Å². The first kappa shape index (κ1) is 18.8. The van der Waals surface area contributed by atoms with Crippen molar-refractivity contribution in [3.63, 3.8) is 0 Å². The minimum atomic E-state index is -1.38. The van der Waals surface area contributed by atoms with Crippen LogP contribution in [0.2, 0.25) is 5.15 Å². The molecule has 0 aromatic carbocycles. The molecule has 3 heterocycles. The number of hydrazine groups is 1. The van der Waals surface area contributed by atoms with Gasteiger partial charge in [-0.1, -0.05) is 24.6 Å². The zero-order valence-electron chi connectivity index (χ0n) is 15.1. The monoisotopic (exact) mass is 387 g/mol. The molecule has 2 aromatic rings. The van der Waals surface area contributed by atoms with Gasteiger partial charge >= 0.3 is 0 Å². The van der Waals surface area contributed by atoms with Crippen LogP contribution < -0.4 is 5.43 Å². The fourth-order valence-corrected chi connectivity index (χ4v) is 2.96. The van der Waals surface area contributed by atoms with Crippen LogP contribution in [0.3, 0.4) is 0 Å². The third-order valence-corrected chi connectivity index (χ3v) is 4.36. The molecule has 0 saturated carbocycles. The van der Waals surface area contributed by atoms with E-state index in [1.165, 1.54) is 18.7 Å². The van der Waals surface area contributed by atoms with E-state index in [9.17, 15) is 9.59 Å². The summed E-state index contributed by atoms with van der Waals surface area (Å²) in [6.07, 6.45) is 4.57. The average molecular weight is 388 g/mol. The van der Waals surface area contributed by atoms with E-state index in [1.807, 2.05) is 0 Å². The van der Waals surface area contributed by atoms with Gasteiger partial charge < -0.3 is 4.74 Å². The van der Waals surface area contributed by atoms with Gasteiger partial charge in [0.2, 0.25) is 11.6 Å². The number of aromatic nitrogens is 3. The molecular formula is C18H18ClN5O3. The predicted octanol–water partition coefficient (Wildman–Crippen LogP) is 2.43. The molecule has 0 aliphatic carbocycles. The van der Waals surface area contributed by atoms with Crippen molar-refractivity contribution in [2.24, 2.45) is 0 Å². The van der Waals surface area contributed by atoms with E-state index in [0.717, 1.165) is 5.01 Å². The third-order valence-electron chi connectivity index (χ3n) is 4.14. The topological polar surface area (TPSA) is 97.3 Å². The summed E-state index contributed by atoms with van der Waals surface area (Å²) in [5, 5.41) is 1.38. The maximum atomic E-state index is 13.3. The zero-order chi connectivity index (χ0) is 19.6. The number of allylic oxidation sites excluding steroid dienone is 1. The van der Waals surface area contributed by atoms with Crippen LogP contribution >= 0.6 is 11.6 Å². The molecule has 0 spiro atoms. The number of halogens is 1. The highest BCUT2D eigenvalue weighted by Gasteiger charge is 2.47. The van der Waals surface area contributed by atoms with E-state index in [4.69, 9.17) is 16.3 Å². The number of rotatable bonds is 4. The Kier molecular flexibility index (Phi) is 5.09. The van der Waals surface area contributed by atoms with Crippen molar-refractivity contribution in [2.75, 3.05) is 0 Å². The average Bonchev–Trinajstić information content (AvgIpc) is 2.65. The number of hydrogen-bond donors (Lipinski definition) is 1. The lowest BCUT2D eigenvalue weighted by Gasteiger charge is -2.44. The fourth-order valence-electron chi connectivity index (χ4n) is 2.80.